The largest absolute Gasteiger partial charge is 0.450 e. The van der Waals surface area contributed by atoms with E-state index < -0.39 is 0 Å². The molecule has 0 bridgehead atoms. The van der Waals surface area contributed by atoms with Gasteiger partial charge in [-0.1, -0.05) is 18.2 Å². The first-order chi connectivity index (χ1) is 13.2. The summed E-state index contributed by atoms with van der Waals surface area (Å²) < 4.78 is 5.06. The number of piperidine rings is 1. The van der Waals surface area contributed by atoms with Crippen LogP contribution in [0.3, 0.4) is 0 Å². The highest BCUT2D eigenvalue weighted by Crippen LogP contribution is 2.23. The molecule has 1 aromatic heterocycles. The minimum atomic E-state index is -0.239. The van der Waals surface area contributed by atoms with E-state index >= 15 is 0 Å². The molecule has 1 aliphatic rings. The molecule has 0 unspecified atom stereocenters. The lowest BCUT2D eigenvalue weighted by atomic mass is 10.1. The van der Waals surface area contributed by atoms with Gasteiger partial charge in [-0.25, -0.2) is 4.79 Å². The van der Waals surface area contributed by atoms with Gasteiger partial charge in [0.2, 0.25) is 5.95 Å². The number of likely N-dealkylation sites (tertiary alicyclic amines) is 1. The van der Waals surface area contributed by atoms with Crippen LogP contribution in [0.2, 0.25) is 0 Å². The minimum absolute atomic E-state index is 0.208. The Morgan fingerprint density at radius 3 is 2.67 bits per heavy atom. The van der Waals surface area contributed by atoms with Gasteiger partial charge in [-0.15, -0.1) is 5.10 Å². The fraction of sp³-hybridized carbons (Fsp3) is 0.474. The number of carbonyl (C=O) groups is 1. The van der Waals surface area contributed by atoms with Crippen LogP contribution >= 0.6 is 0 Å². The van der Waals surface area contributed by atoms with Crippen LogP contribution in [-0.4, -0.2) is 58.5 Å². The predicted octanol–water partition coefficient (Wildman–Crippen LogP) is 3.06. The second kappa shape index (κ2) is 9.16. The quantitative estimate of drug-likeness (QED) is 0.836. The standard InChI is InChI=1S/C19H26N6O2/c1-3-25(16-8-6-5-7-9-16)17-14-20-23-18(22-17)21-15-10-12-24(13-11-15)19(26)27-4-2/h5-9,14-15H,3-4,10-13H2,1-2H3,(H,21,22,23). The SMILES string of the molecule is CCOC(=O)N1CCC(Nc2nncc(N(CC)c3ccccc3)n2)CC1. The van der Waals surface area contributed by atoms with E-state index in [0.717, 1.165) is 30.9 Å². The zero-order chi connectivity index (χ0) is 19.1. The van der Waals surface area contributed by atoms with Gasteiger partial charge in [0.1, 0.15) is 0 Å². The highest BCUT2D eigenvalue weighted by atomic mass is 16.6. The molecule has 0 saturated carbocycles. The Hall–Kier alpha value is -2.90. The van der Waals surface area contributed by atoms with Crippen LogP contribution in [-0.2, 0) is 4.74 Å². The first kappa shape index (κ1) is 18.9. The number of hydrogen-bond donors (Lipinski definition) is 1. The molecular weight excluding hydrogens is 344 g/mol. The van der Waals surface area contributed by atoms with Crippen molar-refractivity contribution in [3.05, 3.63) is 36.5 Å². The van der Waals surface area contributed by atoms with Crippen molar-refractivity contribution in [3.8, 4) is 0 Å². The smallest absolute Gasteiger partial charge is 0.409 e. The molecule has 2 aromatic rings. The van der Waals surface area contributed by atoms with Crippen molar-refractivity contribution in [2.24, 2.45) is 0 Å². The van der Waals surface area contributed by atoms with Gasteiger partial charge >= 0.3 is 6.09 Å². The average molecular weight is 370 g/mol. The van der Waals surface area contributed by atoms with Gasteiger partial charge in [0.25, 0.3) is 0 Å². The summed E-state index contributed by atoms with van der Waals surface area (Å²) in [6.45, 7) is 6.40. The molecule has 1 N–H and O–H groups in total. The summed E-state index contributed by atoms with van der Waals surface area (Å²) in [5.74, 6) is 1.27. The molecule has 1 amide bonds. The summed E-state index contributed by atoms with van der Waals surface area (Å²) in [4.78, 5) is 20.3. The molecular formula is C19H26N6O2. The Balaban J connectivity index is 1.62. The summed E-state index contributed by atoms with van der Waals surface area (Å²) in [6, 6.07) is 10.3. The lowest BCUT2D eigenvalue weighted by Gasteiger charge is -2.31. The van der Waals surface area contributed by atoms with Crippen LogP contribution in [0.25, 0.3) is 0 Å². The first-order valence-electron chi connectivity index (χ1n) is 9.41. The molecule has 0 aliphatic carbocycles. The number of carbonyl (C=O) groups excluding carboxylic acids is 1. The Morgan fingerprint density at radius 2 is 2.00 bits per heavy atom. The molecule has 2 heterocycles. The maximum atomic E-state index is 11.8. The number of benzene rings is 1. The fourth-order valence-electron chi connectivity index (χ4n) is 3.17. The van der Waals surface area contributed by atoms with Crippen LogP contribution in [0.1, 0.15) is 26.7 Å². The van der Waals surface area contributed by atoms with Crippen molar-refractivity contribution in [1.82, 2.24) is 20.1 Å². The average Bonchev–Trinajstić information content (AvgIpc) is 2.70. The van der Waals surface area contributed by atoms with Crippen LogP contribution < -0.4 is 10.2 Å². The number of para-hydroxylation sites is 1. The zero-order valence-corrected chi connectivity index (χ0v) is 15.8. The molecule has 1 aliphatic heterocycles. The third kappa shape index (κ3) is 4.84. The molecule has 1 aromatic carbocycles. The Morgan fingerprint density at radius 1 is 1.26 bits per heavy atom. The number of rotatable bonds is 6. The maximum Gasteiger partial charge on any atom is 0.409 e. The van der Waals surface area contributed by atoms with E-state index in [1.807, 2.05) is 37.3 Å². The highest BCUT2D eigenvalue weighted by molar-refractivity contribution is 5.67. The molecule has 27 heavy (non-hydrogen) atoms. The van der Waals surface area contributed by atoms with E-state index in [-0.39, 0.29) is 12.1 Å². The zero-order valence-electron chi connectivity index (χ0n) is 15.8. The second-order valence-electron chi connectivity index (χ2n) is 6.32. The van der Waals surface area contributed by atoms with E-state index in [2.05, 4.69) is 32.3 Å². The Labute approximate surface area is 159 Å². The van der Waals surface area contributed by atoms with Crippen molar-refractivity contribution >= 4 is 23.5 Å². The number of hydrogen-bond acceptors (Lipinski definition) is 7. The van der Waals surface area contributed by atoms with Crippen molar-refractivity contribution in [2.45, 2.75) is 32.7 Å². The van der Waals surface area contributed by atoms with E-state index in [1.54, 1.807) is 11.1 Å². The minimum Gasteiger partial charge on any atom is -0.450 e. The lowest BCUT2D eigenvalue weighted by molar-refractivity contribution is 0.0983. The Bertz CT molecular complexity index is 734. The van der Waals surface area contributed by atoms with Gasteiger partial charge in [-0.2, -0.15) is 10.1 Å². The van der Waals surface area contributed by atoms with Crippen molar-refractivity contribution in [3.63, 3.8) is 0 Å². The number of nitrogens with one attached hydrogen (secondary N) is 1. The molecule has 0 spiro atoms. The first-order valence-corrected chi connectivity index (χ1v) is 9.41. The normalized spacial score (nSPS) is 14.7. The van der Waals surface area contributed by atoms with Gasteiger partial charge < -0.3 is 19.9 Å². The molecule has 1 saturated heterocycles. The summed E-state index contributed by atoms with van der Waals surface area (Å²) in [5, 5.41) is 11.6. The topological polar surface area (TPSA) is 83.5 Å². The van der Waals surface area contributed by atoms with Crippen molar-refractivity contribution in [2.75, 3.05) is 36.5 Å². The summed E-state index contributed by atoms with van der Waals surface area (Å²) in [7, 11) is 0. The molecule has 3 rings (SSSR count). The van der Waals surface area contributed by atoms with Gasteiger partial charge in [0.15, 0.2) is 5.82 Å². The summed E-state index contributed by atoms with van der Waals surface area (Å²) in [6.07, 6.45) is 3.08. The maximum absolute atomic E-state index is 11.8. The summed E-state index contributed by atoms with van der Waals surface area (Å²) >= 11 is 0. The van der Waals surface area contributed by atoms with Gasteiger partial charge in [-0.05, 0) is 38.8 Å². The fourth-order valence-corrected chi connectivity index (χ4v) is 3.17. The number of ether oxygens (including phenoxy) is 1. The monoisotopic (exact) mass is 370 g/mol. The van der Waals surface area contributed by atoms with E-state index in [0.29, 0.717) is 25.6 Å². The summed E-state index contributed by atoms with van der Waals surface area (Å²) in [5.41, 5.74) is 1.06. The molecule has 1 fully saturated rings. The van der Waals surface area contributed by atoms with Crippen LogP contribution in [0.15, 0.2) is 36.5 Å². The van der Waals surface area contributed by atoms with Gasteiger partial charge in [0, 0.05) is 31.4 Å². The molecule has 0 radical (unpaired) electrons. The second-order valence-corrected chi connectivity index (χ2v) is 6.32. The molecule has 144 valence electrons. The third-order valence-electron chi connectivity index (χ3n) is 4.56. The van der Waals surface area contributed by atoms with Crippen LogP contribution in [0.5, 0.6) is 0 Å². The third-order valence-corrected chi connectivity index (χ3v) is 4.56. The predicted molar refractivity (Wildman–Crippen MR) is 104 cm³/mol. The van der Waals surface area contributed by atoms with Gasteiger partial charge in [-0.3, -0.25) is 0 Å². The van der Waals surface area contributed by atoms with Crippen LogP contribution in [0, 0.1) is 0 Å². The Kier molecular flexibility index (Phi) is 6.40. The lowest BCUT2D eigenvalue weighted by Crippen LogP contribution is -2.42. The van der Waals surface area contributed by atoms with Crippen LogP contribution in [0.4, 0.5) is 22.2 Å². The van der Waals surface area contributed by atoms with Crippen molar-refractivity contribution < 1.29 is 9.53 Å². The number of aromatic nitrogens is 3. The van der Waals surface area contributed by atoms with E-state index in [9.17, 15) is 4.79 Å². The van der Waals surface area contributed by atoms with Gasteiger partial charge in [0.05, 0.1) is 12.8 Å². The van der Waals surface area contributed by atoms with E-state index in [4.69, 9.17) is 4.74 Å². The highest BCUT2D eigenvalue weighted by Gasteiger charge is 2.24. The number of nitrogens with zero attached hydrogens (tertiary/aromatic N) is 5. The number of amides is 1. The van der Waals surface area contributed by atoms with E-state index in [1.165, 1.54) is 0 Å². The number of anilines is 3. The van der Waals surface area contributed by atoms with Crippen molar-refractivity contribution in [1.29, 1.82) is 0 Å². The molecule has 0 atom stereocenters. The molecule has 8 heteroatoms. The molecule has 8 nitrogen and oxygen atoms in total.